The molecule has 0 spiro atoms. The molecule has 104 valence electrons. The van der Waals surface area contributed by atoms with Gasteiger partial charge in [-0.3, -0.25) is 4.79 Å². The lowest BCUT2D eigenvalue weighted by Crippen LogP contribution is -2.33. The fraction of sp³-hybridized carbons (Fsp3) is 0.500. The van der Waals surface area contributed by atoms with E-state index in [-0.39, 0.29) is 10.9 Å². The summed E-state index contributed by atoms with van der Waals surface area (Å²) >= 11 is 12.1. The summed E-state index contributed by atoms with van der Waals surface area (Å²) in [5.41, 5.74) is 6.60. The number of hydrogen-bond acceptors (Lipinski definition) is 2. The Hall–Kier alpha value is -0.930. The summed E-state index contributed by atoms with van der Waals surface area (Å²) in [5, 5.41) is 0.616. The molecule has 0 aliphatic heterocycles. The second-order valence-electron chi connectivity index (χ2n) is 5.06. The summed E-state index contributed by atoms with van der Waals surface area (Å²) in [6.07, 6.45) is 3.34. The van der Waals surface area contributed by atoms with E-state index in [1.165, 1.54) is 12.8 Å². The predicted octanol–water partition coefficient (Wildman–Crippen LogP) is 3.84. The third kappa shape index (κ3) is 3.54. The van der Waals surface area contributed by atoms with Crippen molar-refractivity contribution in [2.75, 3.05) is 18.8 Å². The number of hydrogen-bond donors (Lipinski definition) is 1. The number of nitrogens with two attached hydrogens (primary N) is 1. The molecule has 1 fully saturated rings. The zero-order chi connectivity index (χ0) is 14.0. The normalized spacial score (nSPS) is 14.5. The van der Waals surface area contributed by atoms with Gasteiger partial charge in [-0.2, -0.15) is 0 Å². The molecular weight excluding hydrogens is 283 g/mol. The van der Waals surface area contributed by atoms with Gasteiger partial charge in [-0.1, -0.05) is 30.1 Å². The van der Waals surface area contributed by atoms with Crippen LogP contribution in [-0.4, -0.2) is 23.9 Å². The van der Waals surface area contributed by atoms with E-state index in [2.05, 4.69) is 6.92 Å². The standard InChI is InChI=1S/C14H18Cl2N2O/c1-2-5-18(8-9-3-4-9)14(19)11-6-10(17)7-12(15)13(11)16/h6-7,9H,2-5,8,17H2,1H3. The van der Waals surface area contributed by atoms with Gasteiger partial charge in [0.1, 0.15) is 0 Å². The molecule has 1 aromatic carbocycles. The van der Waals surface area contributed by atoms with Crippen molar-refractivity contribution in [2.24, 2.45) is 5.92 Å². The Kier molecular flexibility index (Phi) is 4.58. The molecule has 1 amide bonds. The summed E-state index contributed by atoms with van der Waals surface area (Å²) in [5.74, 6) is 0.568. The largest absolute Gasteiger partial charge is 0.399 e. The molecule has 0 aromatic heterocycles. The first kappa shape index (κ1) is 14.5. The van der Waals surface area contributed by atoms with Crippen molar-refractivity contribution in [1.82, 2.24) is 4.90 Å². The third-order valence-electron chi connectivity index (χ3n) is 3.24. The number of nitrogen functional groups attached to an aromatic ring is 1. The Morgan fingerprint density at radius 1 is 1.42 bits per heavy atom. The van der Waals surface area contributed by atoms with Gasteiger partial charge >= 0.3 is 0 Å². The Balaban J connectivity index is 2.24. The van der Waals surface area contributed by atoms with Crippen LogP contribution in [0.3, 0.4) is 0 Å². The van der Waals surface area contributed by atoms with E-state index in [1.54, 1.807) is 12.1 Å². The van der Waals surface area contributed by atoms with Crippen molar-refractivity contribution in [3.05, 3.63) is 27.7 Å². The van der Waals surface area contributed by atoms with Gasteiger partial charge in [-0.15, -0.1) is 0 Å². The van der Waals surface area contributed by atoms with Gasteiger partial charge in [0.25, 0.3) is 5.91 Å². The molecule has 1 aliphatic rings. The van der Waals surface area contributed by atoms with Crippen LogP contribution in [0.5, 0.6) is 0 Å². The monoisotopic (exact) mass is 300 g/mol. The van der Waals surface area contributed by atoms with E-state index in [0.717, 1.165) is 19.5 Å². The van der Waals surface area contributed by atoms with Gasteiger partial charge in [0.2, 0.25) is 0 Å². The van der Waals surface area contributed by atoms with E-state index >= 15 is 0 Å². The van der Waals surface area contributed by atoms with Crippen molar-refractivity contribution in [2.45, 2.75) is 26.2 Å². The molecule has 0 bridgehead atoms. The van der Waals surface area contributed by atoms with Gasteiger partial charge < -0.3 is 10.6 Å². The van der Waals surface area contributed by atoms with Crippen LogP contribution in [-0.2, 0) is 0 Å². The minimum absolute atomic E-state index is 0.0760. The van der Waals surface area contributed by atoms with Crippen LogP contribution >= 0.6 is 23.2 Å². The first-order chi connectivity index (χ1) is 9.02. The smallest absolute Gasteiger partial charge is 0.255 e. The van der Waals surface area contributed by atoms with Gasteiger partial charge in [0, 0.05) is 18.8 Å². The van der Waals surface area contributed by atoms with Crippen LogP contribution in [0, 0.1) is 5.92 Å². The van der Waals surface area contributed by atoms with Crippen molar-refractivity contribution in [3.63, 3.8) is 0 Å². The van der Waals surface area contributed by atoms with Crippen LogP contribution in [0.15, 0.2) is 12.1 Å². The van der Waals surface area contributed by atoms with Gasteiger partial charge in [-0.25, -0.2) is 0 Å². The Morgan fingerprint density at radius 2 is 2.11 bits per heavy atom. The molecule has 0 atom stereocenters. The number of amides is 1. The first-order valence-corrected chi connectivity index (χ1v) is 7.32. The molecule has 2 rings (SSSR count). The lowest BCUT2D eigenvalue weighted by atomic mass is 10.1. The quantitative estimate of drug-likeness (QED) is 0.840. The van der Waals surface area contributed by atoms with Gasteiger partial charge in [0.15, 0.2) is 0 Å². The average Bonchev–Trinajstić information content (AvgIpc) is 3.16. The number of nitrogens with zero attached hydrogens (tertiary/aromatic N) is 1. The average molecular weight is 301 g/mol. The highest BCUT2D eigenvalue weighted by Gasteiger charge is 2.28. The highest BCUT2D eigenvalue weighted by molar-refractivity contribution is 6.44. The summed E-state index contributed by atoms with van der Waals surface area (Å²) < 4.78 is 0. The number of anilines is 1. The maximum atomic E-state index is 12.6. The SMILES string of the molecule is CCCN(CC1CC1)C(=O)c1cc(N)cc(Cl)c1Cl. The zero-order valence-corrected chi connectivity index (χ0v) is 12.5. The third-order valence-corrected chi connectivity index (χ3v) is 4.04. The maximum absolute atomic E-state index is 12.6. The molecule has 1 aromatic rings. The molecule has 5 heteroatoms. The second-order valence-corrected chi connectivity index (χ2v) is 5.84. The lowest BCUT2D eigenvalue weighted by molar-refractivity contribution is 0.0748. The Morgan fingerprint density at radius 3 is 2.68 bits per heavy atom. The molecule has 3 nitrogen and oxygen atoms in total. The molecule has 0 heterocycles. The Labute approximate surface area is 123 Å². The summed E-state index contributed by atoms with van der Waals surface area (Å²) in [4.78, 5) is 14.4. The predicted molar refractivity (Wildman–Crippen MR) is 79.8 cm³/mol. The zero-order valence-electron chi connectivity index (χ0n) is 11.0. The van der Waals surface area contributed by atoms with Crippen LogP contribution in [0.25, 0.3) is 0 Å². The van der Waals surface area contributed by atoms with Crippen molar-refractivity contribution in [1.29, 1.82) is 0 Å². The maximum Gasteiger partial charge on any atom is 0.255 e. The van der Waals surface area contributed by atoms with Crippen LogP contribution in [0.2, 0.25) is 10.0 Å². The molecule has 19 heavy (non-hydrogen) atoms. The van der Waals surface area contributed by atoms with Crippen molar-refractivity contribution >= 4 is 34.8 Å². The number of carbonyl (C=O) groups is 1. The minimum Gasteiger partial charge on any atom is -0.399 e. The summed E-state index contributed by atoms with van der Waals surface area (Å²) in [6.45, 7) is 3.59. The Bertz CT molecular complexity index is 487. The highest BCUT2D eigenvalue weighted by atomic mass is 35.5. The fourth-order valence-electron chi connectivity index (χ4n) is 2.09. The first-order valence-electron chi connectivity index (χ1n) is 6.56. The van der Waals surface area contributed by atoms with Gasteiger partial charge in [-0.05, 0) is 37.3 Å². The molecule has 1 saturated carbocycles. The van der Waals surface area contributed by atoms with E-state index in [0.29, 0.717) is 22.2 Å². The number of halogens is 2. The van der Waals surface area contributed by atoms with E-state index < -0.39 is 0 Å². The molecule has 1 aliphatic carbocycles. The van der Waals surface area contributed by atoms with Gasteiger partial charge in [0.05, 0.1) is 15.6 Å². The van der Waals surface area contributed by atoms with Crippen molar-refractivity contribution < 1.29 is 4.79 Å². The summed E-state index contributed by atoms with van der Waals surface area (Å²) in [7, 11) is 0. The summed E-state index contributed by atoms with van der Waals surface area (Å²) in [6, 6.07) is 3.16. The molecule has 0 saturated heterocycles. The van der Waals surface area contributed by atoms with Crippen LogP contribution in [0.1, 0.15) is 36.5 Å². The minimum atomic E-state index is -0.0760. The van der Waals surface area contributed by atoms with Crippen LogP contribution < -0.4 is 5.73 Å². The van der Waals surface area contributed by atoms with E-state index in [4.69, 9.17) is 28.9 Å². The number of carbonyl (C=O) groups excluding carboxylic acids is 1. The molecule has 2 N–H and O–H groups in total. The highest BCUT2D eigenvalue weighted by Crippen LogP contribution is 2.32. The van der Waals surface area contributed by atoms with Crippen molar-refractivity contribution in [3.8, 4) is 0 Å². The van der Waals surface area contributed by atoms with Crippen LogP contribution in [0.4, 0.5) is 5.69 Å². The number of benzene rings is 1. The van der Waals surface area contributed by atoms with E-state index in [9.17, 15) is 4.79 Å². The topological polar surface area (TPSA) is 46.3 Å². The lowest BCUT2D eigenvalue weighted by Gasteiger charge is -2.23. The molecular formula is C14H18Cl2N2O. The number of rotatable bonds is 5. The molecule has 0 radical (unpaired) electrons. The fourth-order valence-corrected chi connectivity index (χ4v) is 2.51. The second kappa shape index (κ2) is 6.02. The van der Waals surface area contributed by atoms with E-state index in [1.807, 2.05) is 4.90 Å². The molecule has 0 unspecified atom stereocenters.